The lowest BCUT2D eigenvalue weighted by Crippen LogP contribution is -2.51. The van der Waals surface area contributed by atoms with Gasteiger partial charge in [0.1, 0.15) is 5.57 Å². The van der Waals surface area contributed by atoms with Gasteiger partial charge in [0.25, 0.3) is 11.8 Å². The molecule has 116 valence electrons. The number of fused-ring (bicyclic) bond motifs is 1. The van der Waals surface area contributed by atoms with Gasteiger partial charge in [0, 0.05) is 11.9 Å². The lowest BCUT2D eigenvalue weighted by molar-refractivity contribution is -0.123. The zero-order valence-electron chi connectivity index (χ0n) is 12.2. The van der Waals surface area contributed by atoms with Crippen molar-refractivity contribution in [3.63, 3.8) is 0 Å². The Morgan fingerprint density at radius 1 is 1.09 bits per heavy atom. The number of carbonyl (C=O) groups excluding carboxylic acids is 2. The van der Waals surface area contributed by atoms with E-state index in [9.17, 15) is 9.59 Å². The summed E-state index contributed by atoms with van der Waals surface area (Å²) >= 11 is 6.41. The van der Waals surface area contributed by atoms with E-state index in [-0.39, 0.29) is 10.7 Å². The fourth-order valence-corrected chi connectivity index (χ4v) is 3.43. The van der Waals surface area contributed by atoms with E-state index in [2.05, 4.69) is 27.7 Å². The average molecular weight is 343 g/mol. The number of allylic oxidation sites excluding steroid dienone is 4. The molecule has 23 heavy (non-hydrogen) atoms. The van der Waals surface area contributed by atoms with Crippen LogP contribution in [-0.4, -0.2) is 24.0 Å². The van der Waals surface area contributed by atoms with Crippen LogP contribution in [0, 0.1) is 0 Å². The first-order valence-corrected chi connectivity index (χ1v) is 8.04. The standard InChI is InChI=1S/C16H13N3O2S2/c1-19-11-7-3-4-8-12(11)23-13(19)9-5-2-6-10-14(20)17-16(22)18-15(10)21/h2-9H,1H3,(H2,17,18,20,21,22)/b5-2+,13-9-. The van der Waals surface area contributed by atoms with Crippen LogP contribution in [0.5, 0.6) is 0 Å². The number of nitrogens with one attached hydrogen (secondary N) is 2. The van der Waals surface area contributed by atoms with Crippen LogP contribution in [0.3, 0.4) is 0 Å². The maximum atomic E-state index is 11.7. The molecule has 0 aromatic heterocycles. The van der Waals surface area contributed by atoms with Gasteiger partial charge in [-0.05, 0) is 36.5 Å². The minimum atomic E-state index is -0.490. The summed E-state index contributed by atoms with van der Waals surface area (Å²) in [5, 5.41) is 5.88. The van der Waals surface area contributed by atoms with Crippen LogP contribution in [-0.2, 0) is 9.59 Å². The molecule has 2 N–H and O–H groups in total. The number of rotatable bonds is 2. The van der Waals surface area contributed by atoms with Gasteiger partial charge in [-0.2, -0.15) is 0 Å². The van der Waals surface area contributed by atoms with E-state index < -0.39 is 11.8 Å². The SMILES string of the molecule is CN1/C(=C/C=C/C=C2C(=O)NC(=S)NC2=O)Sc2ccccc21. The van der Waals surface area contributed by atoms with Gasteiger partial charge in [0.15, 0.2) is 5.11 Å². The number of nitrogens with zero attached hydrogens (tertiary/aromatic N) is 1. The van der Waals surface area contributed by atoms with Crippen LogP contribution in [0.15, 0.2) is 64.1 Å². The molecular weight excluding hydrogens is 330 g/mol. The predicted molar refractivity (Wildman–Crippen MR) is 94.9 cm³/mol. The van der Waals surface area contributed by atoms with E-state index in [4.69, 9.17) is 12.2 Å². The summed E-state index contributed by atoms with van der Waals surface area (Å²) < 4.78 is 0. The van der Waals surface area contributed by atoms with Crippen molar-refractivity contribution in [1.82, 2.24) is 10.6 Å². The highest BCUT2D eigenvalue weighted by Crippen LogP contribution is 2.44. The average Bonchev–Trinajstić information content (AvgIpc) is 2.82. The van der Waals surface area contributed by atoms with E-state index in [1.807, 2.05) is 25.3 Å². The molecule has 0 radical (unpaired) electrons. The molecule has 0 spiro atoms. The molecule has 7 heteroatoms. The van der Waals surface area contributed by atoms with Crippen molar-refractivity contribution in [2.24, 2.45) is 0 Å². The van der Waals surface area contributed by atoms with Crippen molar-refractivity contribution in [3.8, 4) is 0 Å². The predicted octanol–water partition coefficient (Wildman–Crippen LogP) is 2.08. The number of thiocarbonyl (C=S) groups is 1. The molecule has 0 bridgehead atoms. The van der Waals surface area contributed by atoms with Gasteiger partial charge < -0.3 is 4.90 Å². The van der Waals surface area contributed by atoms with Crippen LogP contribution in [0.25, 0.3) is 0 Å². The molecule has 2 heterocycles. The molecular formula is C16H13N3O2S2. The van der Waals surface area contributed by atoms with E-state index >= 15 is 0 Å². The van der Waals surface area contributed by atoms with Crippen molar-refractivity contribution in [1.29, 1.82) is 0 Å². The van der Waals surface area contributed by atoms with Gasteiger partial charge in [-0.3, -0.25) is 20.2 Å². The molecule has 1 aromatic carbocycles. The van der Waals surface area contributed by atoms with Crippen LogP contribution >= 0.6 is 24.0 Å². The molecule has 0 aliphatic carbocycles. The molecule has 0 unspecified atom stereocenters. The van der Waals surface area contributed by atoms with Gasteiger partial charge >= 0.3 is 0 Å². The van der Waals surface area contributed by atoms with E-state index in [1.165, 1.54) is 11.0 Å². The molecule has 0 atom stereocenters. The zero-order valence-corrected chi connectivity index (χ0v) is 13.8. The summed E-state index contributed by atoms with van der Waals surface area (Å²) in [6.45, 7) is 0. The summed E-state index contributed by atoms with van der Waals surface area (Å²) in [5.74, 6) is -0.980. The smallest absolute Gasteiger partial charge is 0.263 e. The Balaban J connectivity index is 1.73. The Kier molecular flexibility index (Phi) is 4.31. The van der Waals surface area contributed by atoms with Crippen LogP contribution in [0.1, 0.15) is 0 Å². The Bertz CT molecular complexity index is 774. The van der Waals surface area contributed by atoms with Gasteiger partial charge in [-0.15, -0.1) is 0 Å². The number of hydrogen-bond acceptors (Lipinski definition) is 5. The molecule has 3 rings (SSSR count). The van der Waals surface area contributed by atoms with Crippen LogP contribution < -0.4 is 15.5 Å². The molecule has 2 aliphatic rings. The van der Waals surface area contributed by atoms with Crippen molar-refractivity contribution in [3.05, 3.63) is 59.2 Å². The Hall–Kier alpha value is -2.38. The monoisotopic (exact) mass is 343 g/mol. The van der Waals surface area contributed by atoms with Gasteiger partial charge in [0.05, 0.1) is 10.7 Å². The highest BCUT2D eigenvalue weighted by molar-refractivity contribution is 8.03. The van der Waals surface area contributed by atoms with E-state index in [0.717, 1.165) is 10.7 Å². The number of carbonyl (C=O) groups is 2. The first-order chi connectivity index (χ1) is 11.1. The quantitative estimate of drug-likeness (QED) is 0.489. The largest absolute Gasteiger partial charge is 0.338 e. The number of anilines is 1. The molecule has 5 nitrogen and oxygen atoms in total. The molecule has 0 saturated carbocycles. The molecule has 1 fully saturated rings. The van der Waals surface area contributed by atoms with E-state index in [1.54, 1.807) is 23.9 Å². The number of hydrogen-bond donors (Lipinski definition) is 2. The second-order valence-corrected chi connectivity index (χ2v) is 6.31. The fourth-order valence-electron chi connectivity index (χ4n) is 2.18. The number of para-hydroxylation sites is 1. The summed E-state index contributed by atoms with van der Waals surface area (Å²) in [4.78, 5) is 26.6. The molecule has 1 saturated heterocycles. The Morgan fingerprint density at radius 3 is 2.43 bits per heavy atom. The second-order valence-electron chi connectivity index (χ2n) is 4.84. The van der Waals surface area contributed by atoms with Crippen molar-refractivity contribution >= 4 is 46.6 Å². The normalized spacial score (nSPS) is 19.2. The highest BCUT2D eigenvalue weighted by atomic mass is 32.2. The van der Waals surface area contributed by atoms with Gasteiger partial charge in [-0.25, -0.2) is 0 Å². The summed E-state index contributed by atoms with van der Waals surface area (Å²) in [6.07, 6.45) is 6.86. The maximum Gasteiger partial charge on any atom is 0.263 e. The summed E-state index contributed by atoms with van der Waals surface area (Å²) in [7, 11) is 2.00. The second kappa shape index (κ2) is 6.39. The van der Waals surface area contributed by atoms with Crippen LogP contribution in [0.2, 0.25) is 0 Å². The maximum absolute atomic E-state index is 11.7. The van der Waals surface area contributed by atoms with Crippen molar-refractivity contribution in [2.75, 3.05) is 11.9 Å². The zero-order chi connectivity index (χ0) is 16.4. The van der Waals surface area contributed by atoms with Crippen LogP contribution in [0.4, 0.5) is 5.69 Å². The third-order valence-corrected chi connectivity index (χ3v) is 4.72. The lowest BCUT2D eigenvalue weighted by Gasteiger charge is -2.15. The Labute approximate surface area is 143 Å². The third-order valence-electron chi connectivity index (χ3n) is 3.33. The van der Waals surface area contributed by atoms with E-state index in [0.29, 0.717) is 0 Å². The molecule has 2 amide bonds. The van der Waals surface area contributed by atoms with Gasteiger partial charge in [0.2, 0.25) is 0 Å². The van der Waals surface area contributed by atoms with Gasteiger partial charge in [-0.1, -0.05) is 36.0 Å². The summed E-state index contributed by atoms with van der Waals surface area (Å²) in [5.41, 5.74) is 1.19. The van der Waals surface area contributed by atoms with Crippen molar-refractivity contribution in [2.45, 2.75) is 4.90 Å². The van der Waals surface area contributed by atoms with Crippen molar-refractivity contribution < 1.29 is 9.59 Å². The summed E-state index contributed by atoms with van der Waals surface area (Å²) in [6, 6.07) is 8.15. The first kappa shape index (κ1) is 15.5. The topological polar surface area (TPSA) is 61.4 Å². The lowest BCUT2D eigenvalue weighted by atomic mass is 10.2. The minimum absolute atomic E-state index is 0.0314. The minimum Gasteiger partial charge on any atom is -0.338 e. The Morgan fingerprint density at radius 2 is 1.74 bits per heavy atom. The first-order valence-electron chi connectivity index (χ1n) is 6.82. The molecule has 1 aromatic rings. The number of thioether (sulfide) groups is 1. The third kappa shape index (κ3) is 3.20. The number of amides is 2. The molecule has 2 aliphatic heterocycles. The number of benzene rings is 1. The highest BCUT2D eigenvalue weighted by Gasteiger charge is 2.24. The fraction of sp³-hybridized carbons (Fsp3) is 0.0625.